The van der Waals surface area contributed by atoms with Gasteiger partial charge in [0.15, 0.2) is 0 Å². The maximum absolute atomic E-state index is 13.9. The second-order valence-electron chi connectivity index (χ2n) is 5.27. The average Bonchev–Trinajstić information content (AvgIpc) is 2.51. The van der Waals surface area contributed by atoms with Crippen LogP contribution >= 0.6 is 0 Å². The number of carbonyl (C=O) groups excluding carboxylic acids is 1. The zero-order valence-corrected chi connectivity index (χ0v) is 12.7. The van der Waals surface area contributed by atoms with Crippen LogP contribution in [0.3, 0.4) is 0 Å². The molecule has 5 heteroatoms. The van der Waals surface area contributed by atoms with Gasteiger partial charge in [0.25, 0.3) is 0 Å². The van der Waals surface area contributed by atoms with E-state index in [4.69, 9.17) is 4.74 Å². The second-order valence-corrected chi connectivity index (χ2v) is 5.27. The lowest BCUT2D eigenvalue weighted by atomic mass is 10.0. The van der Waals surface area contributed by atoms with E-state index in [0.717, 1.165) is 31.6 Å². The zero-order valence-electron chi connectivity index (χ0n) is 12.7. The van der Waals surface area contributed by atoms with Crippen LogP contribution in [-0.2, 0) is 9.53 Å². The molecule has 116 valence electrons. The van der Waals surface area contributed by atoms with Gasteiger partial charge in [0.1, 0.15) is 5.82 Å². The van der Waals surface area contributed by atoms with Gasteiger partial charge in [0.05, 0.1) is 18.9 Å². The number of benzene rings is 1. The number of nitrogens with one attached hydrogen (secondary N) is 1. The SMILES string of the molecule is CCC(CC)C(=O)Nc1cc(N2CCOCC2)ccc1F. The quantitative estimate of drug-likeness (QED) is 0.907. The molecule has 0 bridgehead atoms. The highest BCUT2D eigenvalue weighted by Crippen LogP contribution is 2.24. The average molecular weight is 294 g/mol. The monoisotopic (exact) mass is 294 g/mol. The zero-order chi connectivity index (χ0) is 15.2. The van der Waals surface area contributed by atoms with Gasteiger partial charge in [-0.15, -0.1) is 0 Å². The number of anilines is 2. The molecule has 1 aliphatic heterocycles. The van der Waals surface area contributed by atoms with E-state index in [2.05, 4.69) is 10.2 Å². The van der Waals surface area contributed by atoms with Crippen molar-refractivity contribution < 1.29 is 13.9 Å². The van der Waals surface area contributed by atoms with Gasteiger partial charge in [-0.2, -0.15) is 0 Å². The van der Waals surface area contributed by atoms with Crippen molar-refractivity contribution in [2.24, 2.45) is 5.92 Å². The van der Waals surface area contributed by atoms with Crippen molar-refractivity contribution in [1.29, 1.82) is 0 Å². The van der Waals surface area contributed by atoms with Crippen LogP contribution in [0, 0.1) is 11.7 Å². The van der Waals surface area contributed by atoms with E-state index >= 15 is 0 Å². The summed E-state index contributed by atoms with van der Waals surface area (Å²) in [7, 11) is 0. The van der Waals surface area contributed by atoms with Gasteiger partial charge in [-0.05, 0) is 31.0 Å². The maximum Gasteiger partial charge on any atom is 0.227 e. The molecule has 0 aromatic heterocycles. The maximum atomic E-state index is 13.9. The molecule has 1 aromatic rings. The first-order valence-corrected chi connectivity index (χ1v) is 7.58. The van der Waals surface area contributed by atoms with Gasteiger partial charge in [0.2, 0.25) is 5.91 Å². The van der Waals surface area contributed by atoms with Crippen LogP contribution in [0.15, 0.2) is 18.2 Å². The minimum Gasteiger partial charge on any atom is -0.378 e. The predicted molar refractivity (Wildman–Crippen MR) is 82.1 cm³/mol. The van der Waals surface area contributed by atoms with Crippen LogP contribution in [0.1, 0.15) is 26.7 Å². The molecule has 1 saturated heterocycles. The molecule has 0 atom stereocenters. The molecule has 0 unspecified atom stereocenters. The van der Waals surface area contributed by atoms with Gasteiger partial charge in [-0.25, -0.2) is 4.39 Å². The van der Waals surface area contributed by atoms with Crippen molar-refractivity contribution in [2.75, 3.05) is 36.5 Å². The Hall–Kier alpha value is -1.62. The third-order valence-electron chi connectivity index (χ3n) is 3.94. The molecular formula is C16H23FN2O2. The Morgan fingerprint density at radius 2 is 2.00 bits per heavy atom. The summed E-state index contributed by atoms with van der Waals surface area (Å²) in [6.45, 7) is 6.85. The topological polar surface area (TPSA) is 41.6 Å². The first-order chi connectivity index (χ1) is 10.2. The Morgan fingerprint density at radius 1 is 1.33 bits per heavy atom. The Bertz CT molecular complexity index is 483. The summed E-state index contributed by atoms with van der Waals surface area (Å²) in [5.41, 5.74) is 1.18. The number of hydrogen-bond acceptors (Lipinski definition) is 3. The fourth-order valence-electron chi connectivity index (χ4n) is 2.52. The minimum atomic E-state index is -0.397. The standard InChI is InChI=1S/C16H23FN2O2/c1-3-12(4-2)16(20)18-15-11-13(5-6-14(15)17)19-7-9-21-10-8-19/h5-6,11-12H,3-4,7-10H2,1-2H3,(H,18,20). The number of rotatable bonds is 5. The number of halogens is 1. The van der Waals surface area contributed by atoms with E-state index in [1.807, 2.05) is 13.8 Å². The summed E-state index contributed by atoms with van der Waals surface area (Å²) in [6.07, 6.45) is 1.51. The summed E-state index contributed by atoms with van der Waals surface area (Å²) in [6, 6.07) is 4.86. The van der Waals surface area contributed by atoms with E-state index in [1.165, 1.54) is 6.07 Å². The molecule has 4 nitrogen and oxygen atoms in total. The van der Waals surface area contributed by atoms with Gasteiger partial charge >= 0.3 is 0 Å². The molecule has 0 saturated carbocycles. The number of amides is 1. The first kappa shape index (κ1) is 15.8. The number of nitrogens with zero attached hydrogens (tertiary/aromatic N) is 1. The van der Waals surface area contributed by atoms with E-state index in [9.17, 15) is 9.18 Å². The molecule has 1 fully saturated rings. The van der Waals surface area contributed by atoms with Gasteiger partial charge in [-0.1, -0.05) is 13.8 Å². The molecule has 1 heterocycles. The Balaban J connectivity index is 2.13. The van der Waals surface area contributed by atoms with Crippen molar-refractivity contribution in [3.63, 3.8) is 0 Å². The number of hydrogen-bond donors (Lipinski definition) is 1. The third kappa shape index (κ3) is 3.94. The lowest BCUT2D eigenvalue weighted by molar-refractivity contribution is -0.120. The highest BCUT2D eigenvalue weighted by molar-refractivity contribution is 5.93. The molecule has 0 radical (unpaired) electrons. The molecule has 0 aliphatic carbocycles. The molecule has 21 heavy (non-hydrogen) atoms. The van der Waals surface area contributed by atoms with Crippen molar-refractivity contribution in [1.82, 2.24) is 0 Å². The van der Waals surface area contributed by atoms with Crippen molar-refractivity contribution in [2.45, 2.75) is 26.7 Å². The first-order valence-electron chi connectivity index (χ1n) is 7.58. The molecule has 1 N–H and O–H groups in total. The summed E-state index contributed by atoms with van der Waals surface area (Å²) < 4.78 is 19.2. The predicted octanol–water partition coefficient (Wildman–Crippen LogP) is 3.04. The van der Waals surface area contributed by atoms with Gasteiger partial charge in [-0.3, -0.25) is 4.79 Å². The third-order valence-corrected chi connectivity index (χ3v) is 3.94. The van der Waals surface area contributed by atoms with E-state index in [1.54, 1.807) is 12.1 Å². The summed E-state index contributed by atoms with van der Waals surface area (Å²) in [4.78, 5) is 14.2. The van der Waals surface area contributed by atoms with E-state index < -0.39 is 5.82 Å². The highest BCUT2D eigenvalue weighted by atomic mass is 19.1. The molecule has 1 aliphatic rings. The molecule has 2 rings (SSSR count). The molecular weight excluding hydrogens is 271 g/mol. The number of carbonyl (C=O) groups is 1. The Kier molecular flexibility index (Phi) is 5.56. The van der Waals surface area contributed by atoms with Crippen LogP contribution in [0.2, 0.25) is 0 Å². The largest absolute Gasteiger partial charge is 0.378 e. The minimum absolute atomic E-state index is 0.0727. The Morgan fingerprint density at radius 3 is 2.62 bits per heavy atom. The fraction of sp³-hybridized carbons (Fsp3) is 0.562. The molecule has 0 spiro atoms. The van der Waals surface area contributed by atoms with Gasteiger partial charge < -0.3 is 15.0 Å². The lowest BCUT2D eigenvalue weighted by Crippen LogP contribution is -2.36. The van der Waals surface area contributed by atoms with Crippen LogP contribution in [0.5, 0.6) is 0 Å². The number of morpholine rings is 1. The normalized spacial score (nSPS) is 15.3. The van der Waals surface area contributed by atoms with E-state index in [-0.39, 0.29) is 17.5 Å². The van der Waals surface area contributed by atoms with Crippen LogP contribution in [0.25, 0.3) is 0 Å². The van der Waals surface area contributed by atoms with Crippen LogP contribution in [-0.4, -0.2) is 32.2 Å². The van der Waals surface area contributed by atoms with Crippen LogP contribution < -0.4 is 10.2 Å². The molecule has 1 amide bonds. The second kappa shape index (κ2) is 7.41. The highest BCUT2D eigenvalue weighted by Gasteiger charge is 2.18. The summed E-state index contributed by atoms with van der Waals surface area (Å²) in [5.74, 6) is -0.583. The van der Waals surface area contributed by atoms with E-state index in [0.29, 0.717) is 13.2 Å². The molecule has 1 aromatic carbocycles. The van der Waals surface area contributed by atoms with Crippen molar-refractivity contribution in [3.8, 4) is 0 Å². The summed E-state index contributed by atoms with van der Waals surface area (Å²) in [5, 5.41) is 2.72. The van der Waals surface area contributed by atoms with Crippen molar-refractivity contribution in [3.05, 3.63) is 24.0 Å². The fourth-order valence-corrected chi connectivity index (χ4v) is 2.52. The summed E-state index contributed by atoms with van der Waals surface area (Å²) >= 11 is 0. The van der Waals surface area contributed by atoms with Gasteiger partial charge in [0, 0.05) is 24.7 Å². The van der Waals surface area contributed by atoms with Crippen molar-refractivity contribution >= 4 is 17.3 Å². The lowest BCUT2D eigenvalue weighted by Gasteiger charge is -2.29. The van der Waals surface area contributed by atoms with Crippen LogP contribution in [0.4, 0.5) is 15.8 Å². The Labute approximate surface area is 125 Å². The smallest absolute Gasteiger partial charge is 0.227 e. The number of ether oxygens (including phenoxy) is 1.